The molecule has 2 N–H and O–H groups in total. The number of carbonyl (C=O) groups excluding carboxylic acids is 2. The van der Waals surface area contributed by atoms with Gasteiger partial charge >= 0.3 is 7.12 Å². The van der Waals surface area contributed by atoms with Gasteiger partial charge in [-0.05, 0) is 78.7 Å². The summed E-state index contributed by atoms with van der Waals surface area (Å²) in [5.41, 5.74) is 4.88. The largest absolute Gasteiger partial charge is 0.505 e. The molecule has 2 fully saturated rings. The second-order valence-electron chi connectivity index (χ2n) is 11.2. The number of likely N-dealkylation sites (tertiary alicyclic amines) is 1. The highest BCUT2D eigenvalue weighted by molar-refractivity contribution is 6.43. The normalized spacial score (nSPS) is 24.9. The lowest BCUT2D eigenvalue weighted by Crippen LogP contribution is -2.46. The number of hydrogen-bond donors (Lipinski definition) is 2. The van der Waals surface area contributed by atoms with E-state index >= 15 is 0 Å². The van der Waals surface area contributed by atoms with Crippen LogP contribution in [0.4, 0.5) is 4.39 Å². The topological polar surface area (TPSA) is 87.1 Å². The molecule has 2 saturated heterocycles. The van der Waals surface area contributed by atoms with Crippen LogP contribution in [0.3, 0.4) is 0 Å². The van der Waals surface area contributed by atoms with Crippen LogP contribution in [0.15, 0.2) is 59.7 Å². The van der Waals surface area contributed by atoms with E-state index in [2.05, 4.69) is 6.92 Å². The third kappa shape index (κ3) is 5.52. The zero-order valence-corrected chi connectivity index (χ0v) is 23.2. The van der Waals surface area contributed by atoms with Gasteiger partial charge in [0.25, 0.3) is 0 Å². The van der Waals surface area contributed by atoms with Gasteiger partial charge in [-0.25, -0.2) is 4.39 Å². The second-order valence-corrected chi connectivity index (χ2v) is 11.2. The van der Waals surface area contributed by atoms with Crippen LogP contribution in [-0.2, 0) is 14.2 Å². The van der Waals surface area contributed by atoms with Crippen molar-refractivity contribution in [3.8, 4) is 5.75 Å². The highest BCUT2D eigenvalue weighted by Gasteiger charge is 2.56. The van der Waals surface area contributed by atoms with Crippen molar-refractivity contribution in [2.45, 2.75) is 64.8 Å². The minimum Gasteiger partial charge on any atom is -0.505 e. The van der Waals surface area contributed by atoms with Crippen LogP contribution in [-0.4, -0.2) is 46.6 Å². The lowest BCUT2D eigenvalue weighted by atomic mass is 9.58. The Labute approximate surface area is 235 Å². The molecule has 0 spiro atoms. The molecule has 2 heterocycles. The van der Waals surface area contributed by atoms with E-state index in [9.17, 15) is 24.1 Å². The summed E-state index contributed by atoms with van der Waals surface area (Å²) in [7, 11) is -1.01. The highest BCUT2D eigenvalue weighted by Crippen LogP contribution is 2.51. The number of allylic oxidation sites excluding steroid dienone is 2. The zero-order chi connectivity index (χ0) is 28.4. The van der Waals surface area contributed by atoms with E-state index in [4.69, 9.17) is 4.65 Å². The van der Waals surface area contributed by atoms with Gasteiger partial charge in [0.2, 0.25) is 11.8 Å². The quantitative estimate of drug-likeness (QED) is 0.179. The van der Waals surface area contributed by atoms with E-state index in [0.29, 0.717) is 37.7 Å². The van der Waals surface area contributed by atoms with E-state index in [1.54, 1.807) is 6.07 Å². The molecule has 210 valence electrons. The van der Waals surface area contributed by atoms with Crippen molar-refractivity contribution in [1.82, 2.24) is 4.90 Å². The molecule has 4 atom stereocenters. The summed E-state index contributed by atoms with van der Waals surface area (Å²) in [5, 5.41) is 20.4. The number of nitrogens with zero attached hydrogens (tertiary/aromatic N) is 1. The number of amides is 2. The Kier molecular flexibility index (Phi) is 8.57. The van der Waals surface area contributed by atoms with Crippen LogP contribution < -0.4 is 0 Å². The van der Waals surface area contributed by atoms with Crippen molar-refractivity contribution < 1.29 is 28.8 Å². The number of benzene rings is 2. The average molecular weight is 545 g/mol. The second kappa shape index (κ2) is 12.1. The van der Waals surface area contributed by atoms with Crippen molar-refractivity contribution in [3.63, 3.8) is 0 Å². The van der Waals surface area contributed by atoms with Crippen molar-refractivity contribution in [2.24, 2.45) is 17.8 Å². The maximum Gasteiger partial charge on any atom is 0.455 e. The zero-order valence-electron chi connectivity index (χ0n) is 23.2. The molecule has 0 aromatic heterocycles. The average Bonchev–Trinajstić information content (AvgIpc) is 3.18. The Morgan fingerprint density at radius 3 is 2.58 bits per heavy atom. The van der Waals surface area contributed by atoms with Crippen LogP contribution in [0.5, 0.6) is 5.75 Å². The number of imide groups is 1. The Morgan fingerprint density at radius 2 is 1.88 bits per heavy atom. The summed E-state index contributed by atoms with van der Waals surface area (Å²) in [4.78, 5) is 28.2. The molecule has 3 aliphatic rings. The fourth-order valence-electron chi connectivity index (χ4n) is 6.86. The highest BCUT2D eigenvalue weighted by atomic mass is 19.1. The third-order valence-electron chi connectivity index (χ3n) is 8.53. The number of hydrogen-bond acceptors (Lipinski definition) is 5. The lowest BCUT2D eigenvalue weighted by Gasteiger charge is -2.43. The molecule has 5 rings (SSSR count). The molecule has 0 unspecified atom stereocenters. The van der Waals surface area contributed by atoms with Gasteiger partial charge in [0, 0.05) is 6.54 Å². The summed E-state index contributed by atoms with van der Waals surface area (Å²) in [6.07, 6.45) is 6.02. The number of rotatable bonds is 9. The van der Waals surface area contributed by atoms with Crippen LogP contribution in [0.1, 0.15) is 63.5 Å². The molecule has 2 amide bonds. The number of carbonyl (C=O) groups is 2. The predicted octanol–water partition coefficient (Wildman–Crippen LogP) is 5.86. The van der Waals surface area contributed by atoms with E-state index in [0.717, 1.165) is 36.0 Å². The van der Waals surface area contributed by atoms with Gasteiger partial charge < -0.3 is 14.8 Å². The number of phenolic OH excluding ortho intramolecular Hbond substituents is 1. The van der Waals surface area contributed by atoms with Crippen molar-refractivity contribution in [2.75, 3.05) is 6.54 Å². The van der Waals surface area contributed by atoms with Gasteiger partial charge in [-0.15, -0.1) is 0 Å². The van der Waals surface area contributed by atoms with E-state index in [1.807, 2.05) is 43.3 Å². The van der Waals surface area contributed by atoms with E-state index < -0.39 is 24.6 Å². The number of halogens is 1. The first-order chi connectivity index (χ1) is 19.3. The first kappa shape index (κ1) is 28.3. The standard InChI is InChI=1S/C32H37BFNO5/c1-3-8-23-18-24-30(32(38)35(15-4-2)31(24)37)25-19-33(39)40-28(29(23)25)14-12-22(21-9-6-5-7-10-21)16-20-11-13-27(36)26(34)17-20/h5-7,9-11,13,16-17,24-25,28,30,36,39H,3-4,8,12,14-15,18-19H2,1-2H3/b22-16-/t24-,25+,28-,30-/m1/s1. The van der Waals surface area contributed by atoms with Gasteiger partial charge in [-0.1, -0.05) is 68.3 Å². The fourth-order valence-corrected chi connectivity index (χ4v) is 6.86. The maximum absolute atomic E-state index is 14.1. The van der Waals surface area contributed by atoms with Crippen molar-refractivity contribution >= 4 is 30.6 Å². The molecule has 2 aromatic rings. The van der Waals surface area contributed by atoms with Gasteiger partial charge in [-0.2, -0.15) is 0 Å². The first-order valence-electron chi connectivity index (χ1n) is 14.5. The van der Waals surface area contributed by atoms with Crippen LogP contribution in [0.2, 0.25) is 6.32 Å². The minimum atomic E-state index is -1.01. The number of fused-ring (bicyclic) bond motifs is 3. The molecule has 0 saturated carbocycles. The Morgan fingerprint density at radius 1 is 1.10 bits per heavy atom. The van der Waals surface area contributed by atoms with E-state index in [-0.39, 0.29) is 29.8 Å². The number of aromatic hydroxyl groups is 1. The van der Waals surface area contributed by atoms with Crippen LogP contribution in [0.25, 0.3) is 11.6 Å². The van der Waals surface area contributed by atoms with Crippen molar-refractivity contribution in [3.05, 3.63) is 76.6 Å². The minimum absolute atomic E-state index is 0.0718. The SMILES string of the molecule is CCCC1=C2[C@@H](CC/C(=C/c3ccc(O)c(F)c3)c3ccccc3)OB(O)C[C@@H]2[C@@H]2C(=O)N(CCC)C(=O)[C@@H]2C1. The summed E-state index contributed by atoms with van der Waals surface area (Å²) < 4.78 is 20.3. The molecular formula is C32H37BFNO5. The maximum atomic E-state index is 14.1. The van der Waals surface area contributed by atoms with Gasteiger partial charge in [0.1, 0.15) is 0 Å². The third-order valence-corrected chi connectivity index (χ3v) is 8.53. The molecule has 2 aliphatic heterocycles. The molecule has 0 radical (unpaired) electrons. The first-order valence-corrected chi connectivity index (χ1v) is 14.5. The molecule has 6 nitrogen and oxygen atoms in total. The summed E-state index contributed by atoms with van der Waals surface area (Å²) in [6.45, 7) is 4.51. The molecular weight excluding hydrogens is 508 g/mol. The Hall–Kier alpha value is -3.23. The molecule has 2 aromatic carbocycles. The van der Waals surface area contributed by atoms with Crippen LogP contribution >= 0.6 is 0 Å². The summed E-state index contributed by atoms with van der Waals surface area (Å²) in [6, 6.07) is 14.2. The summed E-state index contributed by atoms with van der Waals surface area (Å²) in [5.74, 6) is -2.27. The Balaban J connectivity index is 1.47. The monoisotopic (exact) mass is 545 g/mol. The van der Waals surface area contributed by atoms with Gasteiger partial charge in [-0.3, -0.25) is 14.5 Å². The van der Waals surface area contributed by atoms with Gasteiger partial charge in [0.05, 0.1) is 17.9 Å². The van der Waals surface area contributed by atoms with E-state index in [1.165, 1.54) is 22.6 Å². The molecule has 40 heavy (non-hydrogen) atoms. The van der Waals surface area contributed by atoms with Crippen molar-refractivity contribution in [1.29, 1.82) is 0 Å². The summed E-state index contributed by atoms with van der Waals surface area (Å²) >= 11 is 0. The predicted molar refractivity (Wildman–Crippen MR) is 153 cm³/mol. The van der Waals surface area contributed by atoms with Gasteiger partial charge in [0.15, 0.2) is 11.6 Å². The molecule has 1 aliphatic carbocycles. The number of phenols is 1. The smallest absolute Gasteiger partial charge is 0.455 e. The lowest BCUT2D eigenvalue weighted by molar-refractivity contribution is -0.140. The fraction of sp³-hybridized carbons (Fsp3) is 0.438. The Bertz CT molecular complexity index is 1330. The molecule has 0 bridgehead atoms. The van der Waals surface area contributed by atoms with Crippen LogP contribution in [0, 0.1) is 23.6 Å². The molecule has 8 heteroatoms.